The van der Waals surface area contributed by atoms with Crippen molar-refractivity contribution in [2.24, 2.45) is 0 Å². The van der Waals surface area contributed by atoms with E-state index in [2.05, 4.69) is 33.2 Å². The van der Waals surface area contributed by atoms with Crippen molar-refractivity contribution in [3.63, 3.8) is 0 Å². The molecule has 9 nitrogen and oxygen atoms in total. The van der Waals surface area contributed by atoms with Crippen LogP contribution in [0.3, 0.4) is 0 Å². The van der Waals surface area contributed by atoms with Crippen LogP contribution in [0.2, 0.25) is 0 Å². The molecule has 1 saturated heterocycles. The third-order valence-electron chi connectivity index (χ3n) is 5.82. The Hall–Kier alpha value is -3.97. The van der Waals surface area contributed by atoms with Gasteiger partial charge in [0, 0.05) is 30.4 Å². The van der Waals surface area contributed by atoms with Gasteiger partial charge in [-0.15, -0.1) is 12.8 Å². The van der Waals surface area contributed by atoms with Crippen LogP contribution in [0.15, 0.2) is 47.8 Å². The van der Waals surface area contributed by atoms with Crippen LogP contribution in [0.5, 0.6) is 0 Å². The summed E-state index contributed by atoms with van der Waals surface area (Å²) in [5.74, 6) is -1.77. The van der Waals surface area contributed by atoms with E-state index in [1.807, 2.05) is 13.8 Å². The van der Waals surface area contributed by atoms with Gasteiger partial charge in [0.15, 0.2) is 0 Å². The Labute approximate surface area is 232 Å². The van der Waals surface area contributed by atoms with Gasteiger partial charge < -0.3 is 5.32 Å². The first-order valence-electron chi connectivity index (χ1n) is 11.8. The van der Waals surface area contributed by atoms with Crippen LogP contribution in [0.1, 0.15) is 50.2 Å². The summed E-state index contributed by atoms with van der Waals surface area (Å²) in [6.07, 6.45) is 5.26. The van der Waals surface area contributed by atoms with E-state index >= 15 is 0 Å². The number of hydrogen-bond donors (Lipinski definition) is 1. The van der Waals surface area contributed by atoms with E-state index in [-0.39, 0.29) is 34.8 Å². The molecule has 222 valence electrons. The number of carbonyl (C=O) groups excluding carboxylic acids is 1. The maximum absolute atomic E-state index is 12.8. The molecule has 3 heterocycles. The zero-order valence-corrected chi connectivity index (χ0v) is 22.6. The summed E-state index contributed by atoms with van der Waals surface area (Å²) in [6, 6.07) is 5.03. The first-order valence-corrected chi connectivity index (χ1v) is 13.2. The number of amides is 1. The number of alkyl halides is 5. The van der Waals surface area contributed by atoms with Crippen molar-refractivity contribution < 1.29 is 39.6 Å². The van der Waals surface area contributed by atoms with Crippen molar-refractivity contribution in [3.8, 4) is 18.5 Å². The van der Waals surface area contributed by atoms with Gasteiger partial charge in [-0.2, -0.15) is 22.6 Å². The quantitative estimate of drug-likeness (QED) is 0.242. The van der Waals surface area contributed by atoms with E-state index in [0.29, 0.717) is 6.41 Å². The second kappa shape index (κ2) is 14.1. The first-order chi connectivity index (χ1) is 19.3. The molecule has 1 amide bonds. The van der Waals surface area contributed by atoms with E-state index < -0.39 is 40.0 Å². The van der Waals surface area contributed by atoms with E-state index in [4.69, 9.17) is 0 Å². The van der Waals surface area contributed by atoms with Gasteiger partial charge in [0.2, 0.25) is 22.3 Å². The minimum atomic E-state index is -4.70. The van der Waals surface area contributed by atoms with E-state index in [9.17, 15) is 39.6 Å². The molecule has 0 radical (unpaired) electrons. The highest BCUT2D eigenvalue weighted by Crippen LogP contribution is 2.30. The third-order valence-corrected chi connectivity index (χ3v) is 7.96. The molecular weight excluding hydrogens is 578 g/mol. The summed E-state index contributed by atoms with van der Waals surface area (Å²) in [6.45, 7) is 3.62. The zero-order chi connectivity index (χ0) is 31.0. The Morgan fingerprint density at radius 1 is 1.07 bits per heavy atom. The number of carbonyl (C=O) groups is 1. The van der Waals surface area contributed by atoms with Crippen molar-refractivity contribution in [2.75, 3.05) is 0 Å². The number of rotatable bonds is 7. The highest BCUT2D eigenvalue weighted by Gasteiger charge is 2.37. The molecule has 2 atom stereocenters. The number of benzene rings is 1. The SMILES string of the molecule is C#C.C[C@@H]1CC[C@H](C)N1S(=O)(=O)c1ccc(F)cc1.O=CNCc1cn(-c2cnc(C(F)(F)F)nc2)nc1C(F)F. The average molecular weight is 605 g/mol. The van der Waals surface area contributed by atoms with Crippen molar-refractivity contribution >= 4 is 16.4 Å². The molecule has 0 saturated carbocycles. The standard InChI is InChI=1S/C12H16FNO2S.C11H8F5N5O.C2H2/c1-9-3-4-10(2)14(9)17(15,16)12-7-5-11(13)6-8-12;12-9(13)8-6(1-17-5-22)4-21(20-8)7-2-18-10(19-3-7)11(14,15)16;1-2/h5-10H,3-4H2,1-2H3;2-5,9H,1H2,(H,17,22);1-2H/t9-,10+;;. The van der Waals surface area contributed by atoms with Gasteiger partial charge in [0.1, 0.15) is 17.2 Å². The van der Waals surface area contributed by atoms with Gasteiger partial charge in [-0.1, -0.05) is 0 Å². The van der Waals surface area contributed by atoms with E-state index in [1.165, 1.54) is 28.6 Å². The van der Waals surface area contributed by atoms with E-state index in [0.717, 1.165) is 36.1 Å². The van der Waals surface area contributed by atoms with Gasteiger partial charge >= 0.3 is 6.18 Å². The maximum atomic E-state index is 12.8. The number of sulfonamides is 1. The Bertz CT molecular complexity index is 1400. The third kappa shape index (κ3) is 8.27. The van der Waals surface area contributed by atoms with Crippen molar-refractivity contribution in [1.82, 2.24) is 29.4 Å². The normalized spacial score (nSPS) is 17.2. The van der Waals surface area contributed by atoms with Crippen LogP contribution in [0.25, 0.3) is 5.69 Å². The maximum Gasteiger partial charge on any atom is 0.451 e. The molecule has 4 rings (SSSR count). The molecule has 0 spiro atoms. The van der Waals surface area contributed by atoms with Gasteiger partial charge in [-0.05, 0) is 51.0 Å². The minimum absolute atomic E-state index is 0.0139. The zero-order valence-electron chi connectivity index (χ0n) is 21.8. The molecule has 1 N–H and O–H groups in total. The Morgan fingerprint density at radius 2 is 1.61 bits per heavy atom. The Kier molecular flexibility index (Phi) is 11.4. The molecule has 2 aromatic heterocycles. The lowest BCUT2D eigenvalue weighted by Crippen LogP contribution is -2.38. The molecule has 1 aliphatic heterocycles. The highest BCUT2D eigenvalue weighted by atomic mass is 32.2. The van der Waals surface area contributed by atoms with Gasteiger partial charge in [0.25, 0.3) is 6.43 Å². The van der Waals surface area contributed by atoms with Crippen molar-refractivity contribution in [2.45, 2.75) is 62.8 Å². The van der Waals surface area contributed by atoms with Crippen molar-refractivity contribution in [1.29, 1.82) is 0 Å². The summed E-state index contributed by atoms with van der Waals surface area (Å²) >= 11 is 0. The number of terminal acetylenes is 1. The fourth-order valence-electron chi connectivity index (χ4n) is 3.99. The number of nitrogens with one attached hydrogen (secondary N) is 1. The Balaban J connectivity index is 0.000000278. The monoisotopic (exact) mass is 604 g/mol. The highest BCUT2D eigenvalue weighted by molar-refractivity contribution is 7.89. The molecule has 3 aromatic rings. The molecule has 0 bridgehead atoms. The molecule has 1 aliphatic rings. The predicted molar refractivity (Wildman–Crippen MR) is 135 cm³/mol. The lowest BCUT2D eigenvalue weighted by atomic mass is 10.2. The molecular formula is C25H26F6N6O3S. The predicted octanol–water partition coefficient (Wildman–Crippen LogP) is 4.50. The van der Waals surface area contributed by atoms with E-state index in [1.54, 1.807) is 0 Å². The summed E-state index contributed by atoms with van der Waals surface area (Å²) in [5.41, 5.74) is -0.580. The fraction of sp³-hybridized carbons (Fsp3) is 0.360. The Morgan fingerprint density at radius 3 is 2.07 bits per heavy atom. The largest absolute Gasteiger partial charge is 0.451 e. The molecule has 16 heteroatoms. The van der Waals surface area contributed by atoms with Crippen LogP contribution in [0, 0.1) is 18.7 Å². The summed E-state index contributed by atoms with van der Waals surface area (Å²) in [5, 5.41) is 5.78. The minimum Gasteiger partial charge on any atom is -0.354 e. The number of halogens is 6. The molecule has 0 unspecified atom stereocenters. The second-order valence-corrected chi connectivity index (χ2v) is 10.5. The lowest BCUT2D eigenvalue weighted by Gasteiger charge is -2.25. The number of hydrogen-bond acceptors (Lipinski definition) is 6. The second-order valence-electron chi connectivity index (χ2n) is 8.61. The number of nitrogens with zero attached hydrogens (tertiary/aromatic N) is 5. The molecule has 41 heavy (non-hydrogen) atoms. The molecule has 1 fully saturated rings. The van der Waals surface area contributed by atoms with Gasteiger partial charge in [0.05, 0.1) is 17.3 Å². The van der Waals surface area contributed by atoms with Gasteiger partial charge in [-0.25, -0.2) is 36.2 Å². The molecule has 1 aromatic carbocycles. The lowest BCUT2D eigenvalue weighted by molar-refractivity contribution is -0.145. The summed E-state index contributed by atoms with van der Waals surface area (Å²) in [7, 11) is -3.49. The smallest absolute Gasteiger partial charge is 0.354 e. The summed E-state index contributed by atoms with van der Waals surface area (Å²) in [4.78, 5) is 16.6. The fourth-order valence-corrected chi connectivity index (χ4v) is 5.87. The van der Waals surface area contributed by atoms with Crippen LogP contribution >= 0.6 is 0 Å². The van der Waals surface area contributed by atoms with Crippen LogP contribution in [0.4, 0.5) is 26.3 Å². The molecule has 0 aliphatic carbocycles. The summed E-state index contributed by atoms with van der Waals surface area (Å²) < 4.78 is 103. The topological polar surface area (TPSA) is 110 Å². The van der Waals surface area contributed by atoms with Crippen LogP contribution in [-0.4, -0.2) is 51.0 Å². The van der Waals surface area contributed by atoms with Gasteiger partial charge in [-0.3, -0.25) is 4.79 Å². The van der Waals surface area contributed by atoms with Crippen LogP contribution in [-0.2, 0) is 27.5 Å². The van der Waals surface area contributed by atoms with Crippen LogP contribution < -0.4 is 5.32 Å². The number of aromatic nitrogens is 4. The average Bonchev–Trinajstić information content (AvgIpc) is 3.52. The van der Waals surface area contributed by atoms with Crippen molar-refractivity contribution in [3.05, 3.63) is 65.8 Å². The first kappa shape index (κ1) is 33.2.